The van der Waals surface area contributed by atoms with E-state index in [0.29, 0.717) is 44.0 Å². The first-order chi connectivity index (χ1) is 11.8. The van der Waals surface area contributed by atoms with Crippen LogP contribution < -0.4 is 0 Å². The first kappa shape index (κ1) is 17.5. The summed E-state index contributed by atoms with van der Waals surface area (Å²) in [7, 11) is 0. The summed E-state index contributed by atoms with van der Waals surface area (Å²) >= 11 is 0. The number of alkyl halides is 3. The van der Waals surface area contributed by atoms with Gasteiger partial charge in [-0.05, 0) is 30.7 Å². The molecule has 1 amide bonds. The number of carbonyl (C=O) groups is 1. The molecule has 1 aromatic heterocycles. The minimum Gasteiger partial charge on any atom is -0.469 e. The van der Waals surface area contributed by atoms with Gasteiger partial charge in [-0.2, -0.15) is 13.2 Å². The first-order valence-electron chi connectivity index (χ1n) is 8.06. The number of piperazine rings is 1. The fraction of sp³-hybridized carbons (Fsp3) is 0.389. The zero-order chi connectivity index (χ0) is 18.0. The van der Waals surface area contributed by atoms with Gasteiger partial charge in [0.15, 0.2) is 0 Å². The Labute approximate surface area is 143 Å². The summed E-state index contributed by atoms with van der Waals surface area (Å²) < 4.78 is 42.9. The van der Waals surface area contributed by atoms with Crippen molar-refractivity contribution in [2.75, 3.05) is 26.2 Å². The minimum atomic E-state index is -4.31. The van der Waals surface area contributed by atoms with Gasteiger partial charge < -0.3 is 9.32 Å². The molecule has 1 aromatic carbocycles. The van der Waals surface area contributed by atoms with Crippen LogP contribution in [0.15, 0.2) is 41.0 Å². The Morgan fingerprint density at radius 1 is 1.08 bits per heavy atom. The Balaban J connectivity index is 1.54. The van der Waals surface area contributed by atoms with Gasteiger partial charge in [-0.1, -0.05) is 12.1 Å². The number of nitrogens with zero attached hydrogens (tertiary/aromatic N) is 2. The molecule has 25 heavy (non-hydrogen) atoms. The van der Waals surface area contributed by atoms with Crippen LogP contribution in [-0.2, 0) is 12.7 Å². The van der Waals surface area contributed by atoms with Gasteiger partial charge >= 0.3 is 6.18 Å². The summed E-state index contributed by atoms with van der Waals surface area (Å²) in [5, 5.41) is 0. The van der Waals surface area contributed by atoms with Crippen molar-refractivity contribution in [2.24, 2.45) is 0 Å². The van der Waals surface area contributed by atoms with E-state index in [2.05, 4.69) is 4.90 Å². The van der Waals surface area contributed by atoms with E-state index in [0.717, 1.165) is 17.7 Å². The van der Waals surface area contributed by atoms with Crippen molar-refractivity contribution in [3.63, 3.8) is 0 Å². The lowest BCUT2D eigenvalue weighted by atomic mass is 10.1. The summed E-state index contributed by atoms with van der Waals surface area (Å²) in [4.78, 5) is 16.3. The number of rotatable bonds is 3. The Morgan fingerprint density at radius 3 is 2.24 bits per heavy atom. The third kappa shape index (κ3) is 4.04. The van der Waals surface area contributed by atoms with E-state index in [4.69, 9.17) is 4.42 Å². The van der Waals surface area contributed by atoms with Crippen LogP contribution >= 0.6 is 0 Å². The molecule has 0 N–H and O–H groups in total. The maximum Gasteiger partial charge on any atom is 0.416 e. The van der Waals surface area contributed by atoms with Crippen molar-refractivity contribution in [1.82, 2.24) is 9.80 Å². The van der Waals surface area contributed by atoms with Gasteiger partial charge in [0.2, 0.25) is 0 Å². The molecule has 2 heterocycles. The van der Waals surface area contributed by atoms with Gasteiger partial charge in [-0.25, -0.2) is 0 Å². The molecule has 0 spiro atoms. The van der Waals surface area contributed by atoms with Gasteiger partial charge in [0.25, 0.3) is 5.91 Å². The molecule has 0 atom stereocenters. The van der Waals surface area contributed by atoms with Crippen molar-refractivity contribution >= 4 is 5.91 Å². The second-order valence-corrected chi connectivity index (χ2v) is 6.15. The molecule has 1 aliphatic heterocycles. The highest BCUT2D eigenvalue weighted by Gasteiger charge is 2.30. The number of amides is 1. The Kier molecular flexibility index (Phi) is 4.85. The van der Waals surface area contributed by atoms with Gasteiger partial charge in [-0.15, -0.1) is 0 Å². The number of hydrogen-bond donors (Lipinski definition) is 0. The van der Waals surface area contributed by atoms with Crippen LogP contribution in [0.4, 0.5) is 13.2 Å². The molecular formula is C18H19F3N2O2. The van der Waals surface area contributed by atoms with Crippen LogP contribution in [0.2, 0.25) is 0 Å². The maximum atomic E-state index is 12.6. The van der Waals surface area contributed by atoms with E-state index >= 15 is 0 Å². The fourth-order valence-corrected chi connectivity index (χ4v) is 2.94. The number of benzene rings is 1. The molecule has 0 unspecified atom stereocenters. The second kappa shape index (κ2) is 6.92. The van der Waals surface area contributed by atoms with E-state index in [-0.39, 0.29) is 5.91 Å². The van der Waals surface area contributed by atoms with Crippen molar-refractivity contribution in [3.8, 4) is 0 Å². The number of aryl methyl sites for hydroxylation is 1. The number of hydrogen-bond acceptors (Lipinski definition) is 3. The maximum absolute atomic E-state index is 12.6. The molecular weight excluding hydrogens is 333 g/mol. The van der Waals surface area contributed by atoms with Gasteiger partial charge in [0.1, 0.15) is 5.76 Å². The van der Waals surface area contributed by atoms with E-state index in [9.17, 15) is 18.0 Å². The topological polar surface area (TPSA) is 36.7 Å². The van der Waals surface area contributed by atoms with Crippen molar-refractivity contribution < 1.29 is 22.4 Å². The zero-order valence-corrected chi connectivity index (χ0v) is 13.8. The third-order valence-electron chi connectivity index (χ3n) is 4.44. The highest BCUT2D eigenvalue weighted by atomic mass is 19.4. The van der Waals surface area contributed by atoms with Crippen molar-refractivity contribution in [1.29, 1.82) is 0 Å². The minimum absolute atomic E-state index is 0.0413. The molecule has 7 heteroatoms. The van der Waals surface area contributed by atoms with Crippen LogP contribution in [0, 0.1) is 6.92 Å². The molecule has 134 valence electrons. The van der Waals surface area contributed by atoms with Crippen LogP contribution in [-0.4, -0.2) is 41.9 Å². The van der Waals surface area contributed by atoms with E-state index in [1.807, 2.05) is 0 Å². The summed E-state index contributed by atoms with van der Waals surface area (Å²) in [6.07, 6.45) is -2.81. The van der Waals surface area contributed by atoms with E-state index in [1.54, 1.807) is 17.9 Å². The first-order valence-corrected chi connectivity index (χ1v) is 8.06. The van der Waals surface area contributed by atoms with Gasteiger partial charge in [-0.3, -0.25) is 9.69 Å². The summed E-state index contributed by atoms with van der Waals surface area (Å²) in [6, 6.07) is 6.91. The second-order valence-electron chi connectivity index (χ2n) is 6.15. The lowest BCUT2D eigenvalue weighted by molar-refractivity contribution is -0.137. The molecule has 2 aromatic rings. The summed E-state index contributed by atoms with van der Waals surface area (Å²) in [5.41, 5.74) is 0.775. The normalized spacial score (nSPS) is 16.2. The van der Waals surface area contributed by atoms with Gasteiger partial charge in [0.05, 0.1) is 17.4 Å². The third-order valence-corrected chi connectivity index (χ3v) is 4.44. The van der Waals surface area contributed by atoms with E-state index in [1.165, 1.54) is 18.4 Å². The molecule has 1 aliphatic rings. The molecule has 0 aliphatic carbocycles. The number of carbonyl (C=O) groups excluding carboxylic acids is 1. The van der Waals surface area contributed by atoms with Crippen molar-refractivity contribution in [2.45, 2.75) is 19.6 Å². The molecule has 0 bridgehead atoms. The quantitative estimate of drug-likeness (QED) is 0.847. The van der Waals surface area contributed by atoms with Crippen molar-refractivity contribution in [3.05, 3.63) is 59.0 Å². The molecule has 1 saturated heterocycles. The molecule has 4 nitrogen and oxygen atoms in total. The number of furan rings is 1. The monoisotopic (exact) mass is 352 g/mol. The Hall–Kier alpha value is -2.28. The predicted octanol–water partition coefficient (Wildman–Crippen LogP) is 3.56. The van der Waals surface area contributed by atoms with Crippen LogP contribution in [0.5, 0.6) is 0 Å². The highest BCUT2D eigenvalue weighted by molar-refractivity contribution is 5.95. The molecule has 1 fully saturated rings. The largest absolute Gasteiger partial charge is 0.469 e. The van der Waals surface area contributed by atoms with Crippen LogP contribution in [0.3, 0.4) is 0 Å². The fourth-order valence-electron chi connectivity index (χ4n) is 2.94. The number of halogens is 3. The standard InChI is InChI=1S/C18H19F3N2O2/c1-13-16(6-11-25-13)17(24)23-9-7-22(8-10-23)12-14-2-4-15(5-3-14)18(19,20)21/h2-6,11H,7-10,12H2,1H3. The summed E-state index contributed by atoms with van der Waals surface area (Å²) in [5.74, 6) is 0.567. The van der Waals surface area contributed by atoms with Crippen LogP contribution in [0.1, 0.15) is 27.2 Å². The Morgan fingerprint density at radius 2 is 1.72 bits per heavy atom. The SMILES string of the molecule is Cc1occc1C(=O)N1CCN(Cc2ccc(C(F)(F)F)cc2)CC1. The zero-order valence-electron chi connectivity index (χ0n) is 13.8. The average Bonchev–Trinajstić information content (AvgIpc) is 3.01. The van der Waals surface area contributed by atoms with Gasteiger partial charge in [0, 0.05) is 32.7 Å². The molecule has 0 saturated carbocycles. The van der Waals surface area contributed by atoms with E-state index < -0.39 is 11.7 Å². The average molecular weight is 352 g/mol. The summed E-state index contributed by atoms with van der Waals surface area (Å²) in [6.45, 7) is 4.88. The lowest BCUT2D eigenvalue weighted by Gasteiger charge is -2.34. The smallest absolute Gasteiger partial charge is 0.416 e. The van der Waals surface area contributed by atoms with Crippen LogP contribution in [0.25, 0.3) is 0 Å². The molecule has 3 rings (SSSR count). The highest BCUT2D eigenvalue weighted by Crippen LogP contribution is 2.29. The lowest BCUT2D eigenvalue weighted by Crippen LogP contribution is -2.48. The molecule has 0 radical (unpaired) electrons. The Bertz CT molecular complexity index is 730. The predicted molar refractivity (Wildman–Crippen MR) is 86.1 cm³/mol.